The number of hydrogen-bond donors (Lipinski definition) is 1. The van der Waals surface area contributed by atoms with E-state index in [0.29, 0.717) is 11.1 Å². The smallest absolute Gasteiger partial charge is 0.275 e. The minimum Gasteiger partial charge on any atom is -0.488 e. The molecule has 3 aromatic rings. The van der Waals surface area contributed by atoms with Gasteiger partial charge in [0.05, 0.1) is 5.69 Å². The Morgan fingerprint density at radius 3 is 2.79 bits per heavy atom. The Labute approximate surface area is 206 Å². The summed E-state index contributed by atoms with van der Waals surface area (Å²) < 4.78 is 22.3. The lowest BCUT2D eigenvalue weighted by Gasteiger charge is -2.24. The molecule has 0 bridgehead atoms. The van der Waals surface area contributed by atoms with Gasteiger partial charge in [-0.15, -0.1) is 0 Å². The van der Waals surface area contributed by atoms with Crippen LogP contribution >= 0.6 is 15.9 Å². The summed E-state index contributed by atoms with van der Waals surface area (Å²) in [5, 5.41) is 7.38. The van der Waals surface area contributed by atoms with Crippen LogP contribution in [0.2, 0.25) is 0 Å². The number of ether oxygens (including phenoxy) is 1. The number of rotatable bonds is 7. The van der Waals surface area contributed by atoms with Gasteiger partial charge in [0, 0.05) is 48.2 Å². The highest BCUT2D eigenvalue weighted by molar-refractivity contribution is 9.10. The van der Waals surface area contributed by atoms with Crippen molar-refractivity contribution in [2.75, 3.05) is 13.1 Å². The number of carbonyl (C=O) groups is 2. The van der Waals surface area contributed by atoms with Gasteiger partial charge in [0.15, 0.2) is 5.69 Å². The van der Waals surface area contributed by atoms with Gasteiger partial charge in [0.1, 0.15) is 18.2 Å². The number of halogens is 2. The van der Waals surface area contributed by atoms with Gasteiger partial charge in [0.2, 0.25) is 5.91 Å². The molecule has 0 fully saturated rings. The number of benzene rings is 2. The molecule has 1 aliphatic rings. The molecule has 0 saturated heterocycles. The fourth-order valence-corrected chi connectivity index (χ4v) is 4.31. The van der Waals surface area contributed by atoms with Crippen LogP contribution in [0.15, 0.2) is 46.9 Å². The lowest BCUT2D eigenvalue weighted by molar-refractivity contribution is -0.124. The molecule has 0 atom stereocenters. The maximum atomic E-state index is 13.8. The molecule has 0 spiro atoms. The van der Waals surface area contributed by atoms with Gasteiger partial charge in [-0.3, -0.25) is 14.3 Å². The Bertz CT molecular complexity index is 1240. The predicted molar refractivity (Wildman–Crippen MR) is 130 cm³/mol. The summed E-state index contributed by atoms with van der Waals surface area (Å²) in [6, 6.07) is 11.9. The van der Waals surface area contributed by atoms with Crippen LogP contribution in [0.1, 0.15) is 35.5 Å². The minimum absolute atomic E-state index is 0.0936. The van der Waals surface area contributed by atoms with Crippen LogP contribution in [-0.2, 0) is 25.0 Å². The zero-order valence-electron chi connectivity index (χ0n) is 19.3. The molecule has 0 aliphatic carbocycles. The molecule has 2 heterocycles. The first-order chi connectivity index (χ1) is 16.2. The molecule has 4 rings (SSSR count). The fourth-order valence-electron chi connectivity index (χ4n) is 3.95. The van der Waals surface area contributed by atoms with Gasteiger partial charge < -0.3 is 15.0 Å². The molecule has 7 nitrogen and oxygen atoms in total. The Morgan fingerprint density at radius 2 is 2.06 bits per heavy atom. The second-order valence-corrected chi connectivity index (χ2v) is 9.45. The van der Waals surface area contributed by atoms with Gasteiger partial charge in [-0.2, -0.15) is 5.10 Å². The average molecular weight is 529 g/mol. The van der Waals surface area contributed by atoms with Crippen molar-refractivity contribution < 1.29 is 18.7 Å². The molecule has 0 unspecified atom stereocenters. The van der Waals surface area contributed by atoms with Crippen LogP contribution in [0.4, 0.5) is 4.39 Å². The highest BCUT2D eigenvalue weighted by Gasteiger charge is 2.31. The number of aryl methyl sites for hydroxylation is 1. The van der Waals surface area contributed by atoms with E-state index in [1.807, 2.05) is 18.2 Å². The second-order valence-electron chi connectivity index (χ2n) is 8.53. The Hall–Kier alpha value is -3.20. The summed E-state index contributed by atoms with van der Waals surface area (Å²) in [6.45, 7) is 4.55. The maximum absolute atomic E-state index is 13.8. The molecular weight excluding hydrogens is 503 g/mol. The first-order valence-corrected chi connectivity index (χ1v) is 11.8. The van der Waals surface area contributed by atoms with E-state index in [0.717, 1.165) is 21.5 Å². The number of carbonyl (C=O) groups excluding carboxylic acids is 2. The molecule has 0 saturated carbocycles. The Kier molecular flexibility index (Phi) is 7.02. The SMILES string of the molecule is CC(C)C(=O)NCCN(Cc1cccc(F)c1)C(=O)c1nn(C)c2c1COc1ccc(Br)cc1-2. The van der Waals surface area contributed by atoms with Gasteiger partial charge in [-0.1, -0.05) is 41.9 Å². The Morgan fingerprint density at radius 1 is 1.26 bits per heavy atom. The van der Waals surface area contributed by atoms with Gasteiger partial charge in [-0.25, -0.2) is 4.39 Å². The van der Waals surface area contributed by atoms with E-state index in [1.165, 1.54) is 12.1 Å². The topological polar surface area (TPSA) is 76.5 Å². The van der Waals surface area contributed by atoms with E-state index in [2.05, 4.69) is 26.3 Å². The van der Waals surface area contributed by atoms with E-state index in [9.17, 15) is 14.0 Å². The number of nitrogens with zero attached hydrogens (tertiary/aromatic N) is 3. The van der Waals surface area contributed by atoms with Crippen molar-refractivity contribution in [3.05, 3.63) is 69.6 Å². The Balaban J connectivity index is 1.65. The van der Waals surface area contributed by atoms with E-state index < -0.39 is 0 Å². The van der Waals surface area contributed by atoms with Crippen LogP contribution < -0.4 is 10.1 Å². The maximum Gasteiger partial charge on any atom is 0.275 e. The zero-order chi connectivity index (χ0) is 24.4. The highest BCUT2D eigenvalue weighted by Crippen LogP contribution is 2.40. The average Bonchev–Trinajstić information content (AvgIpc) is 3.14. The number of aromatic nitrogens is 2. The van der Waals surface area contributed by atoms with Gasteiger partial charge >= 0.3 is 0 Å². The van der Waals surface area contributed by atoms with Crippen molar-refractivity contribution >= 4 is 27.7 Å². The van der Waals surface area contributed by atoms with Crippen molar-refractivity contribution in [1.29, 1.82) is 0 Å². The van der Waals surface area contributed by atoms with E-state index in [4.69, 9.17) is 4.74 Å². The standard InChI is InChI=1S/C25H26BrFN4O3/c1-15(2)24(32)28-9-10-31(13-16-5-4-6-18(27)11-16)25(33)22-20-14-34-21-8-7-17(26)12-19(21)23(20)30(3)29-22/h4-8,11-12,15H,9-10,13-14H2,1-3H3,(H,28,32). The van der Waals surface area contributed by atoms with Crippen molar-refractivity contribution in [2.24, 2.45) is 13.0 Å². The monoisotopic (exact) mass is 528 g/mol. The van der Waals surface area contributed by atoms with Gasteiger partial charge in [0.25, 0.3) is 5.91 Å². The van der Waals surface area contributed by atoms with Crippen LogP contribution in [0.25, 0.3) is 11.3 Å². The molecule has 1 aliphatic heterocycles. The second kappa shape index (κ2) is 9.97. The van der Waals surface area contributed by atoms with Crippen LogP contribution in [0.5, 0.6) is 5.75 Å². The van der Waals surface area contributed by atoms with Crippen molar-refractivity contribution in [3.63, 3.8) is 0 Å². The third-order valence-electron chi connectivity index (χ3n) is 5.67. The molecule has 1 N–H and O–H groups in total. The van der Waals surface area contributed by atoms with Crippen LogP contribution in [0, 0.1) is 11.7 Å². The summed E-state index contributed by atoms with van der Waals surface area (Å²) >= 11 is 3.49. The molecule has 2 aromatic carbocycles. The van der Waals surface area contributed by atoms with Gasteiger partial charge in [-0.05, 0) is 35.9 Å². The normalized spacial score (nSPS) is 12.1. The molecular formula is C25H26BrFN4O3. The fraction of sp³-hybridized carbons (Fsp3) is 0.320. The summed E-state index contributed by atoms with van der Waals surface area (Å²) in [5.41, 5.74) is 3.32. The first kappa shape index (κ1) is 23.9. The summed E-state index contributed by atoms with van der Waals surface area (Å²) in [4.78, 5) is 27.3. The third-order valence-corrected chi connectivity index (χ3v) is 6.16. The van der Waals surface area contributed by atoms with E-state index in [1.54, 1.807) is 42.6 Å². The zero-order valence-corrected chi connectivity index (χ0v) is 20.9. The predicted octanol–water partition coefficient (Wildman–Crippen LogP) is 4.30. The molecule has 2 amide bonds. The van der Waals surface area contributed by atoms with Crippen molar-refractivity contribution in [1.82, 2.24) is 20.0 Å². The van der Waals surface area contributed by atoms with Crippen LogP contribution in [-0.4, -0.2) is 39.6 Å². The quantitative estimate of drug-likeness (QED) is 0.496. The molecule has 34 heavy (non-hydrogen) atoms. The first-order valence-electron chi connectivity index (χ1n) is 11.0. The highest BCUT2D eigenvalue weighted by atomic mass is 79.9. The number of hydrogen-bond acceptors (Lipinski definition) is 4. The summed E-state index contributed by atoms with van der Waals surface area (Å²) in [6.07, 6.45) is 0. The molecule has 1 aromatic heterocycles. The van der Waals surface area contributed by atoms with Crippen molar-refractivity contribution in [3.8, 4) is 17.0 Å². The van der Waals surface area contributed by atoms with Crippen molar-refractivity contribution in [2.45, 2.75) is 27.0 Å². The molecule has 0 radical (unpaired) electrons. The van der Waals surface area contributed by atoms with Crippen LogP contribution in [0.3, 0.4) is 0 Å². The third kappa shape index (κ3) is 4.99. The number of nitrogens with one attached hydrogen (secondary N) is 1. The molecule has 178 valence electrons. The summed E-state index contributed by atoms with van der Waals surface area (Å²) in [5.74, 6) is -0.202. The number of fused-ring (bicyclic) bond motifs is 3. The summed E-state index contributed by atoms with van der Waals surface area (Å²) in [7, 11) is 1.80. The lowest BCUT2D eigenvalue weighted by atomic mass is 10.0. The lowest BCUT2D eigenvalue weighted by Crippen LogP contribution is -2.39. The largest absolute Gasteiger partial charge is 0.488 e. The van der Waals surface area contributed by atoms with E-state index >= 15 is 0 Å². The minimum atomic E-state index is -0.371. The van der Waals surface area contributed by atoms with E-state index in [-0.39, 0.29) is 55.5 Å². The number of amides is 2. The molecule has 9 heteroatoms.